The lowest BCUT2D eigenvalue weighted by atomic mass is 10.3. The van der Waals surface area contributed by atoms with Gasteiger partial charge in [-0.3, -0.25) is 10.1 Å². The quantitative estimate of drug-likeness (QED) is 0.747. The third kappa shape index (κ3) is 3.14. The van der Waals surface area contributed by atoms with E-state index in [-0.39, 0.29) is 5.91 Å². The van der Waals surface area contributed by atoms with Gasteiger partial charge in [0.25, 0.3) is 0 Å². The Kier molecular flexibility index (Phi) is 3.95. The molecular weight excluding hydrogens is 312 g/mol. The molecule has 0 aliphatic rings. The Hall–Kier alpha value is -1.51. The largest absolute Gasteiger partial charge is 0.300 e. The summed E-state index contributed by atoms with van der Waals surface area (Å²) in [5.41, 5.74) is 0.972. The Morgan fingerprint density at radius 3 is 2.90 bits per heavy atom. The maximum absolute atomic E-state index is 11.8. The zero-order valence-electron chi connectivity index (χ0n) is 10.5. The molecule has 0 fully saturated rings. The first kappa shape index (κ1) is 13.5. The van der Waals surface area contributed by atoms with Crippen LogP contribution in [0, 0.1) is 6.92 Å². The Labute approximate surface area is 127 Å². The van der Waals surface area contributed by atoms with E-state index in [1.807, 2.05) is 31.2 Å². The van der Waals surface area contributed by atoms with E-state index < -0.39 is 0 Å². The highest BCUT2D eigenvalue weighted by Gasteiger charge is 2.09. The highest BCUT2D eigenvalue weighted by Crippen LogP contribution is 2.29. The number of amides is 1. The van der Waals surface area contributed by atoms with Gasteiger partial charge in [0.1, 0.15) is 5.01 Å². The fraction of sp³-hybridized carbons (Fsp3) is 0.167. The molecule has 2 heterocycles. The van der Waals surface area contributed by atoms with Crippen molar-refractivity contribution in [3.8, 4) is 0 Å². The minimum atomic E-state index is -0.0922. The maximum atomic E-state index is 11.8. The third-order valence-electron chi connectivity index (χ3n) is 2.37. The SMILES string of the molecule is Cc1nnc(NC(=O)CSc2nc3ccccc3s2)s1. The molecule has 0 saturated heterocycles. The summed E-state index contributed by atoms with van der Waals surface area (Å²) in [4.78, 5) is 16.3. The Morgan fingerprint density at radius 1 is 1.30 bits per heavy atom. The molecule has 0 spiro atoms. The molecule has 1 N–H and O–H groups in total. The van der Waals surface area contributed by atoms with Gasteiger partial charge in [-0.25, -0.2) is 4.98 Å². The van der Waals surface area contributed by atoms with Gasteiger partial charge in [-0.1, -0.05) is 35.2 Å². The van der Waals surface area contributed by atoms with Crippen LogP contribution < -0.4 is 5.32 Å². The van der Waals surface area contributed by atoms with Crippen LogP contribution in [0.1, 0.15) is 5.01 Å². The smallest absolute Gasteiger partial charge is 0.236 e. The summed E-state index contributed by atoms with van der Waals surface area (Å²) < 4.78 is 2.03. The first-order valence-corrected chi connectivity index (χ1v) is 8.41. The van der Waals surface area contributed by atoms with Crippen LogP contribution >= 0.6 is 34.4 Å². The molecule has 3 aromatic rings. The molecule has 0 saturated carbocycles. The zero-order valence-corrected chi connectivity index (χ0v) is 12.9. The summed E-state index contributed by atoms with van der Waals surface area (Å²) in [5, 5.41) is 11.8. The molecule has 5 nitrogen and oxygen atoms in total. The molecule has 0 atom stereocenters. The Morgan fingerprint density at radius 2 is 2.15 bits per heavy atom. The van der Waals surface area contributed by atoms with Crippen molar-refractivity contribution < 1.29 is 4.79 Å². The number of nitrogens with zero attached hydrogens (tertiary/aromatic N) is 3. The van der Waals surface area contributed by atoms with Crippen LogP contribution in [0.15, 0.2) is 28.6 Å². The highest BCUT2D eigenvalue weighted by atomic mass is 32.2. The number of hydrogen-bond acceptors (Lipinski definition) is 7. The summed E-state index contributed by atoms with van der Waals surface area (Å²) >= 11 is 4.39. The summed E-state index contributed by atoms with van der Waals surface area (Å²) in [6.45, 7) is 1.85. The van der Waals surface area contributed by atoms with Crippen molar-refractivity contribution in [2.75, 3.05) is 11.1 Å². The minimum absolute atomic E-state index is 0.0922. The summed E-state index contributed by atoms with van der Waals surface area (Å²) in [6, 6.07) is 7.95. The molecule has 0 unspecified atom stereocenters. The average Bonchev–Trinajstić information content (AvgIpc) is 3.02. The van der Waals surface area contributed by atoms with Crippen molar-refractivity contribution in [2.45, 2.75) is 11.3 Å². The lowest BCUT2D eigenvalue weighted by Crippen LogP contribution is -2.13. The lowest BCUT2D eigenvalue weighted by molar-refractivity contribution is -0.113. The molecule has 20 heavy (non-hydrogen) atoms. The predicted octanol–water partition coefficient (Wildman–Crippen LogP) is 3.19. The number of fused-ring (bicyclic) bond motifs is 1. The number of carbonyl (C=O) groups excluding carboxylic acids is 1. The number of nitrogens with one attached hydrogen (secondary N) is 1. The van der Waals surface area contributed by atoms with Crippen LogP contribution in [0.25, 0.3) is 10.2 Å². The van der Waals surface area contributed by atoms with E-state index >= 15 is 0 Å². The molecule has 1 amide bonds. The molecule has 0 aliphatic carbocycles. The van der Waals surface area contributed by atoms with E-state index in [0.717, 1.165) is 19.6 Å². The van der Waals surface area contributed by atoms with Crippen molar-refractivity contribution in [2.24, 2.45) is 0 Å². The van der Waals surface area contributed by atoms with Gasteiger partial charge in [0.2, 0.25) is 11.0 Å². The minimum Gasteiger partial charge on any atom is -0.300 e. The molecule has 2 aromatic heterocycles. The Bertz CT molecular complexity index is 719. The van der Waals surface area contributed by atoms with Crippen LogP contribution in [0.4, 0.5) is 5.13 Å². The van der Waals surface area contributed by atoms with Gasteiger partial charge in [-0.05, 0) is 19.1 Å². The van der Waals surface area contributed by atoms with Crippen molar-refractivity contribution in [1.82, 2.24) is 15.2 Å². The van der Waals surface area contributed by atoms with E-state index in [1.165, 1.54) is 23.1 Å². The number of benzene rings is 1. The number of aromatic nitrogens is 3. The highest BCUT2D eigenvalue weighted by molar-refractivity contribution is 8.01. The summed E-state index contributed by atoms with van der Waals surface area (Å²) in [5.74, 6) is 0.226. The van der Waals surface area contributed by atoms with Crippen LogP contribution in [0.5, 0.6) is 0 Å². The van der Waals surface area contributed by atoms with Crippen LogP contribution in [0.3, 0.4) is 0 Å². The standard InChI is InChI=1S/C12H10N4OS3/c1-7-15-16-11(19-7)14-10(17)6-18-12-13-8-4-2-3-5-9(8)20-12/h2-5H,6H2,1H3,(H,14,16,17). The van der Waals surface area contributed by atoms with Gasteiger partial charge in [-0.2, -0.15) is 0 Å². The van der Waals surface area contributed by atoms with Gasteiger partial charge in [0.05, 0.1) is 16.0 Å². The molecule has 102 valence electrons. The predicted molar refractivity (Wildman–Crippen MR) is 83.6 cm³/mol. The number of carbonyl (C=O) groups is 1. The molecule has 0 bridgehead atoms. The summed E-state index contributed by atoms with van der Waals surface area (Å²) in [7, 11) is 0. The second kappa shape index (κ2) is 5.86. The number of thioether (sulfide) groups is 1. The Balaban J connectivity index is 1.59. The van der Waals surface area contributed by atoms with Crippen LogP contribution in [-0.4, -0.2) is 26.8 Å². The van der Waals surface area contributed by atoms with E-state index in [1.54, 1.807) is 11.3 Å². The van der Waals surface area contributed by atoms with Crippen molar-refractivity contribution in [3.63, 3.8) is 0 Å². The fourth-order valence-electron chi connectivity index (χ4n) is 1.54. The van der Waals surface area contributed by atoms with E-state index in [0.29, 0.717) is 10.9 Å². The number of thiazole rings is 1. The zero-order chi connectivity index (χ0) is 13.9. The topological polar surface area (TPSA) is 67.8 Å². The van der Waals surface area contributed by atoms with Gasteiger partial charge >= 0.3 is 0 Å². The number of para-hydroxylation sites is 1. The van der Waals surface area contributed by atoms with E-state index in [4.69, 9.17) is 0 Å². The van der Waals surface area contributed by atoms with Crippen LogP contribution in [0.2, 0.25) is 0 Å². The maximum Gasteiger partial charge on any atom is 0.236 e. The second-order valence-corrected chi connectivity index (χ2v) is 7.35. The van der Waals surface area contributed by atoms with Gasteiger partial charge < -0.3 is 0 Å². The second-order valence-electron chi connectivity index (χ2n) is 3.91. The molecule has 1 aromatic carbocycles. The first-order valence-electron chi connectivity index (χ1n) is 5.79. The van der Waals surface area contributed by atoms with E-state index in [2.05, 4.69) is 20.5 Å². The molecule has 8 heteroatoms. The van der Waals surface area contributed by atoms with Crippen molar-refractivity contribution in [3.05, 3.63) is 29.3 Å². The van der Waals surface area contributed by atoms with E-state index in [9.17, 15) is 4.79 Å². The molecule has 3 rings (SSSR count). The van der Waals surface area contributed by atoms with Crippen molar-refractivity contribution in [1.29, 1.82) is 0 Å². The van der Waals surface area contributed by atoms with Crippen LogP contribution in [-0.2, 0) is 4.79 Å². The number of anilines is 1. The number of hydrogen-bond donors (Lipinski definition) is 1. The molecule has 0 radical (unpaired) electrons. The normalized spacial score (nSPS) is 10.8. The monoisotopic (exact) mass is 322 g/mol. The molecule has 0 aliphatic heterocycles. The lowest BCUT2D eigenvalue weighted by Gasteiger charge is -1.98. The van der Waals surface area contributed by atoms with Gasteiger partial charge in [-0.15, -0.1) is 21.5 Å². The van der Waals surface area contributed by atoms with Crippen molar-refractivity contribution >= 4 is 55.7 Å². The molecular formula is C12H10N4OS3. The number of rotatable bonds is 4. The third-order valence-corrected chi connectivity index (χ3v) is 5.31. The first-order chi connectivity index (χ1) is 9.70. The fourth-order valence-corrected chi connectivity index (χ4v) is 4.02. The average molecular weight is 322 g/mol. The van der Waals surface area contributed by atoms with Gasteiger partial charge in [0, 0.05) is 0 Å². The number of aryl methyl sites for hydroxylation is 1. The summed E-state index contributed by atoms with van der Waals surface area (Å²) in [6.07, 6.45) is 0. The van der Waals surface area contributed by atoms with Gasteiger partial charge in [0.15, 0.2) is 4.34 Å².